The van der Waals surface area contributed by atoms with Crippen LogP contribution in [0, 0.1) is 0 Å². The van der Waals surface area contributed by atoms with E-state index in [0.29, 0.717) is 12.2 Å². The number of aromatic nitrogens is 3. The van der Waals surface area contributed by atoms with Crippen LogP contribution in [0.3, 0.4) is 0 Å². The standard InChI is InChI=1S/C20H21N5OS/c1-25(11-14-12-27-18(22-14)13-7-3-2-4-8-13)19(26)17-15-9-5-6-10-16(15)23-20(21)24-17/h2-4,7-8,12H,5-6,9-11H2,1H3,(H2,21,23,24). The maximum absolute atomic E-state index is 13.0. The maximum Gasteiger partial charge on any atom is 0.273 e. The number of rotatable bonds is 4. The molecule has 138 valence electrons. The third-order valence-electron chi connectivity index (χ3n) is 4.72. The molecule has 2 N–H and O–H groups in total. The van der Waals surface area contributed by atoms with Crippen molar-refractivity contribution in [1.29, 1.82) is 0 Å². The summed E-state index contributed by atoms with van der Waals surface area (Å²) in [5.41, 5.74) is 10.1. The molecule has 7 heteroatoms. The summed E-state index contributed by atoms with van der Waals surface area (Å²) in [4.78, 5) is 27.9. The summed E-state index contributed by atoms with van der Waals surface area (Å²) in [6.45, 7) is 0.431. The van der Waals surface area contributed by atoms with Gasteiger partial charge in [-0.05, 0) is 25.7 Å². The molecule has 1 aromatic carbocycles. The number of carbonyl (C=O) groups excluding carboxylic acids is 1. The van der Waals surface area contributed by atoms with Crippen molar-refractivity contribution in [2.24, 2.45) is 0 Å². The van der Waals surface area contributed by atoms with Crippen LogP contribution in [0.2, 0.25) is 0 Å². The van der Waals surface area contributed by atoms with Crippen LogP contribution in [0.25, 0.3) is 10.6 Å². The number of aryl methyl sites for hydroxylation is 1. The minimum Gasteiger partial charge on any atom is -0.368 e. The van der Waals surface area contributed by atoms with E-state index in [1.165, 1.54) is 0 Å². The molecule has 0 atom stereocenters. The average Bonchev–Trinajstić information content (AvgIpc) is 3.16. The number of nitrogen functional groups attached to an aromatic ring is 1. The molecule has 0 bridgehead atoms. The number of benzene rings is 1. The first-order valence-electron chi connectivity index (χ1n) is 9.02. The molecule has 2 aromatic heterocycles. The van der Waals surface area contributed by atoms with Gasteiger partial charge in [0.15, 0.2) is 0 Å². The number of thiazole rings is 1. The Hall–Kier alpha value is -2.80. The number of fused-ring (bicyclic) bond motifs is 1. The highest BCUT2D eigenvalue weighted by atomic mass is 32.1. The van der Waals surface area contributed by atoms with Crippen LogP contribution in [0.5, 0.6) is 0 Å². The molecule has 0 saturated heterocycles. The fourth-order valence-electron chi connectivity index (χ4n) is 3.38. The average molecular weight is 379 g/mol. The van der Waals surface area contributed by atoms with Crippen LogP contribution in [-0.4, -0.2) is 32.8 Å². The quantitative estimate of drug-likeness (QED) is 0.751. The first-order valence-corrected chi connectivity index (χ1v) is 9.90. The summed E-state index contributed by atoms with van der Waals surface area (Å²) in [6, 6.07) is 10.0. The van der Waals surface area contributed by atoms with Gasteiger partial charge in [-0.15, -0.1) is 11.3 Å². The molecular formula is C20H21N5OS. The minimum atomic E-state index is -0.128. The smallest absolute Gasteiger partial charge is 0.273 e. The SMILES string of the molecule is CN(Cc1csc(-c2ccccc2)n1)C(=O)c1nc(N)nc2c1CCCC2. The second-order valence-electron chi connectivity index (χ2n) is 6.73. The van der Waals surface area contributed by atoms with Crippen molar-refractivity contribution in [3.8, 4) is 10.6 Å². The Labute approximate surface area is 162 Å². The largest absolute Gasteiger partial charge is 0.368 e. The predicted octanol–water partition coefficient (Wildman–Crippen LogP) is 3.33. The van der Waals surface area contributed by atoms with Crippen molar-refractivity contribution in [2.75, 3.05) is 12.8 Å². The van der Waals surface area contributed by atoms with E-state index in [9.17, 15) is 4.79 Å². The van der Waals surface area contributed by atoms with E-state index in [1.54, 1.807) is 23.3 Å². The molecule has 0 aliphatic heterocycles. The molecule has 0 fully saturated rings. The molecule has 2 heterocycles. The van der Waals surface area contributed by atoms with E-state index in [1.807, 2.05) is 35.7 Å². The Morgan fingerprint density at radius 2 is 1.93 bits per heavy atom. The van der Waals surface area contributed by atoms with E-state index >= 15 is 0 Å². The minimum absolute atomic E-state index is 0.128. The summed E-state index contributed by atoms with van der Waals surface area (Å²) in [5, 5.41) is 2.95. The molecule has 0 unspecified atom stereocenters. The Morgan fingerprint density at radius 3 is 2.74 bits per heavy atom. The summed E-state index contributed by atoms with van der Waals surface area (Å²) in [7, 11) is 1.78. The Bertz CT molecular complexity index is 970. The number of hydrogen-bond donors (Lipinski definition) is 1. The molecule has 27 heavy (non-hydrogen) atoms. The highest BCUT2D eigenvalue weighted by Gasteiger charge is 2.24. The van der Waals surface area contributed by atoms with Gasteiger partial charge in [-0.3, -0.25) is 4.79 Å². The van der Waals surface area contributed by atoms with E-state index in [-0.39, 0.29) is 11.9 Å². The van der Waals surface area contributed by atoms with Crippen molar-refractivity contribution < 1.29 is 4.79 Å². The molecular weight excluding hydrogens is 358 g/mol. The monoisotopic (exact) mass is 379 g/mol. The fraction of sp³-hybridized carbons (Fsp3) is 0.300. The lowest BCUT2D eigenvalue weighted by Gasteiger charge is -2.21. The van der Waals surface area contributed by atoms with Gasteiger partial charge in [-0.2, -0.15) is 0 Å². The first kappa shape index (κ1) is 17.6. The normalized spacial score (nSPS) is 13.2. The molecule has 1 aliphatic carbocycles. The second kappa shape index (κ2) is 7.44. The number of carbonyl (C=O) groups is 1. The van der Waals surface area contributed by atoms with Gasteiger partial charge in [0.25, 0.3) is 5.91 Å². The van der Waals surface area contributed by atoms with Crippen LogP contribution < -0.4 is 5.73 Å². The maximum atomic E-state index is 13.0. The topological polar surface area (TPSA) is 85.0 Å². The zero-order valence-corrected chi connectivity index (χ0v) is 16.0. The van der Waals surface area contributed by atoms with Gasteiger partial charge >= 0.3 is 0 Å². The molecule has 6 nitrogen and oxygen atoms in total. The lowest BCUT2D eigenvalue weighted by Crippen LogP contribution is -2.30. The second-order valence-corrected chi connectivity index (χ2v) is 7.59. The summed E-state index contributed by atoms with van der Waals surface area (Å²) >= 11 is 1.58. The molecule has 0 spiro atoms. The summed E-state index contributed by atoms with van der Waals surface area (Å²) < 4.78 is 0. The lowest BCUT2D eigenvalue weighted by atomic mass is 9.94. The van der Waals surface area contributed by atoms with Crippen molar-refractivity contribution in [2.45, 2.75) is 32.2 Å². The van der Waals surface area contributed by atoms with E-state index < -0.39 is 0 Å². The Balaban J connectivity index is 1.54. The van der Waals surface area contributed by atoms with Crippen molar-refractivity contribution in [3.63, 3.8) is 0 Å². The van der Waals surface area contributed by atoms with Gasteiger partial charge in [-0.25, -0.2) is 15.0 Å². The van der Waals surface area contributed by atoms with E-state index in [0.717, 1.165) is 53.2 Å². The molecule has 1 amide bonds. The van der Waals surface area contributed by atoms with E-state index in [4.69, 9.17) is 5.73 Å². The van der Waals surface area contributed by atoms with Gasteiger partial charge < -0.3 is 10.6 Å². The van der Waals surface area contributed by atoms with Gasteiger partial charge in [0.05, 0.1) is 12.2 Å². The third-order valence-corrected chi connectivity index (χ3v) is 5.66. The van der Waals surface area contributed by atoms with E-state index in [2.05, 4.69) is 15.0 Å². The Morgan fingerprint density at radius 1 is 1.15 bits per heavy atom. The van der Waals surface area contributed by atoms with Crippen LogP contribution in [0.4, 0.5) is 5.95 Å². The van der Waals surface area contributed by atoms with Crippen molar-refractivity contribution in [1.82, 2.24) is 19.9 Å². The lowest BCUT2D eigenvalue weighted by molar-refractivity contribution is 0.0776. The number of hydrogen-bond acceptors (Lipinski definition) is 6. The Kier molecular flexibility index (Phi) is 4.85. The third kappa shape index (κ3) is 3.68. The first-order chi connectivity index (χ1) is 13.1. The van der Waals surface area contributed by atoms with Crippen LogP contribution in [-0.2, 0) is 19.4 Å². The van der Waals surface area contributed by atoms with Crippen LogP contribution >= 0.6 is 11.3 Å². The molecule has 1 aliphatic rings. The number of nitrogens with two attached hydrogens (primary N) is 1. The van der Waals surface area contributed by atoms with Gasteiger partial charge in [0, 0.05) is 29.2 Å². The highest BCUT2D eigenvalue weighted by molar-refractivity contribution is 7.13. The number of nitrogens with zero attached hydrogens (tertiary/aromatic N) is 4. The highest BCUT2D eigenvalue weighted by Crippen LogP contribution is 2.26. The fourth-order valence-corrected chi connectivity index (χ4v) is 4.20. The number of amides is 1. The van der Waals surface area contributed by atoms with Gasteiger partial charge in [0.2, 0.25) is 5.95 Å². The van der Waals surface area contributed by atoms with Gasteiger partial charge in [0.1, 0.15) is 10.7 Å². The summed E-state index contributed by atoms with van der Waals surface area (Å²) in [5.74, 6) is 0.0453. The number of anilines is 1. The zero-order chi connectivity index (χ0) is 18.8. The molecule has 4 rings (SSSR count). The molecule has 0 saturated carbocycles. The van der Waals surface area contributed by atoms with Crippen molar-refractivity contribution in [3.05, 3.63) is 58.4 Å². The predicted molar refractivity (Wildman–Crippen MR) is 106 cm³/mol. The van der Waals surface area contributed by atoms with Crippen LogP contribution in [0.1, 0.15) is 40.3 Å². The van der Waals surface area contributed by atoms with Crippen molar-refractivity contribution >= 4 is 23.2 Å². The molecule has 3 aromatic rings. The molecule has 0 radical (unpaired) electrons. The van der Waals surface area contributed by atoms with Gasteiger partial charge in [-0.1, -0.05) is 30.3 Å². The summed E-state index contributed by atoms with van der Waals surface area (Å²) in [6.07, 6.45) is 3.82. The van der Waals surface area contributed by atoms with Crippen LogP contribution in [0.15, 0.2) is 35.7 Å². The zero-order valence-electron chi connectivity index (χ0n) is 15.2.